The number of nitriles is 1. The number of nitrogens with zero attached hydrogens (tertiary/aromatic N) is 2. The molecular formula is C37H54N2O3. The van der Waals surface area contributed by atoms with Gasteiger partial charge in [0.15, 0.2) is 11.6 Å². The summed E-state index contributed by atoms with van der Waals surface area (Å²) in [6.07, 6.45) is 14.4. The molecule has 230 valence electrons. The number of hydrogen-bond donors (Lipinski definition) is 0. The summed E-state index contributed by atoms with van der Waals surface area (Å²) in [5.41, 5.74) is 0.224. The Bertz CT molecular complexity index is 1280. The Morgan fingerprint density at radius 2 is 1.69 bits per heavy atom. The molecule has 1 aliphatic heterocycles. The van der Waals surface area contributed by atoms with E-state index < -0.39 is 10.8 Å². The van der Waals surface area contributed by atoms with E-state index in [9.17, 15) is 19.6 Å². The molecule has 2 saturated carbocycles. The first-order valence-electron chi connectivity index (χ1n) is 16.6. The Morgan fingerprint density at radius 3 is 2.29 bits per heavy atom. The van der Waals surface area contributed by atoms with Gasteiger partial charge in [-0.3, -0.25) is 14.4 Å². The molecule has 4 aliphatic carbocycles. The van der Waals surface area contributed by atoms with Crippen LogP contribution in [0.2, 0.25) is 0 Å². The molecule has 3 fully saturated rings. The van der Waals surface area contributed by atoms with Gasteiger partial charge < -0.3 is 4.90 Å². The van der Waals surface area contributed by atoms with Crippen molar-refractivity contribution < 1.29 is 14.4 Å². The number of likely N-dealkylation sites (tertiary alicyclic amines) is 1. The van der Waals surface area contributed by atoms with E-state index in [0.717, 1.165) is 63.6 Å². The first-order chi connectivity index (χ1) is 19.4. The van der Waals surface area contributed by atoms with E-state index in [2.05, 4.69) is 47.6 Å². The molecule has 42 heavy (non-hydrogen) atoms. The van der Waals surface area contributed by atoms with Gasteiger partial charge in [0.05, 0.1) is 5.57 Å². The SMILES string of the molecule is CC1CC(C)(C)CC[C@]1(CCC(=O)N1CCC1)CC[C@]1(C)CC(=O)C=C2[C@@]3(C)C=C(C#N)C(=O)C(C)(C)[C@@H]3CC[C@]21C. The second-order valence-electron chi connectivity index (χ2n) is 17.1. The molecule has 5 aliphatic rings. The van der Waals surface area contributed by atoms with Crippen LogP contribution >= 0.6 is 0 Å². The Hall–Kier alpha value is -2.22. The number of amides is 1. The van der Waals surface area contributed by atoms with E-state index in [1.54, 1.807) is 0 Å². The molecule has 0 N–H and O–H groups in total. The molecule has 0 spiro atoms. The van der Waals surface area contributed by atoms with Gasteiger partial charge in [0.1, 0.15) is 6.07 Å². The summed E-state index contributed by atoms with van der Waals surface area (Å²) in [6.45, 7) is 19.9. The minimum atomic E-state index is -0.648. The molecule has 0 aromatic rings. The molecule has 5 nitrogen and oxygen atoms in total. The monoisotopic (exact) mass is 574 g/mol. The van der Waals surface area contributed by atoms with Crippen LogP contribution in [0.4, 0.5) is 0 Å². The van der Waals surface area contributed by atoms with Crippen molar-refractivity contribution in [2.45, 2.75) is 126 Å². The predicted molar refractivity (Wildman–Crippen MR) is 166 cm³/mol. The Morgan fingerprint density at radius 1 is 1.00 bits per heavy atom. The van der Waals surface area contributed by atoms with Gasteiger partial charge in [-0.15, -0.1) is 0 Å². The normalized spacial score (nSPS) is 40.6. The second-order valence-corrected chi connectivity index (χ2v) is 17.1. The summed E-state index contributed by atoms with van der Waals surface area (Å²) < 4.78 is 0. The summed E-state index contributed by atoms with van der Waals surface area (Å²) in [4.78, 5) is 41.9. The van der Waals surface area contributed by atoms with Crippen LogP contribution in [0.5, 0.6) is 0 Å². The number of carbonyl (C=O) groups is 3. The highest BCUT2D eigenvalue weighted by molar-refractivity contribution is 6.04. The number of ketones is 2. The van der Waals surface area contributed by atoms with Crippen LogP contribution in [-0.4, -0.2) is 35.5 Å². The number of carbonyl (C=O) groups excluding carboxylic acids is 3. The number of Topliss-reactive ketones (excluding diaryl/α,β-unsaturated/α-hetero) is 1. The summed E-state index contributed by atoms with van der Waals surface area (Å²) in [7, 11) is 0. The van der Waals surface area contributed by atoms with E-state index in [-0.39, 0.29) is 39.3 Å². The van der Waals surface area contributed by atoms with Crippen LogP contribution in [0.3, 0.4) is 0 Å². The molecule has 0 aromatic heterocycles. The van der Waals surface area contributed by atoms with Crippen LogP contribution in [0.25, 0.3) is 0 Å². The fourth-order valence-corrected chi connectivity index (χ4v) is 10.4. The Kier molecular flexibility index (Phi) is 7.56. The largest absolute Gasteiger partial charge is 0.343 e. The maximum absolute atomic E-state index is 13.6. The first-order valence-corrected chi connectivity index (χ1v) is 16.6. The maximum Gasteiger partial charge on any atom is 0.222 e. The highest BCUT2D eigenvalue weighted by Gasteiger charge is 2.63. The van der Waals surface area contributed by atoms with Crippen molar-refractivity contribution in [1.29, 1.82) is 5.26 Å². The van der Waals surface area contributed by atoms with Gasteiger partial charge in [-0.1, -0.05) is 67.0 Å². The van der Waals surface area contributed by atoms with Gasteiger partial charge in [-0.05, 0) is 97.4 Å². The van der Waals surface area contributed by atoms with Crippen molar-refractivity contribution in [1.82, 2.24) is 4.90 Å². The number of allylic oxidation sites excluding steroid dienone is 4. The average Bonchev–Trinajstić information content (AvgIpc) is 2.86. The lowest BCUT2D eigenvalue weighted by atomic mass is 9.40. The van der Waals surface area contributed by atoms with Crippen molar-refractivity contribution in [2.24, 2.45) is 44.3 Å². The van der Waals surface area contributed by atoms with Gasteiger partial charge in [0.2, 0.25) is 5.91 Å². The molecule has 0 aromatic carbocycles. The summed E-state index contributed by atoms with van der Waals surface area (Å²) in [5.74, 6) is 1.01. The quantitative estimate of drug-likeness (QED) is 0.322. The fourth-order valence-electron chi connectivity index (χ4n) is 10.4. The molecule has 5 rings (SSSR count). The van der Waals surface area contributed by atoms with Gasteiger partial charge in [-0.2, -0.15) is 5.26 Å². The first kappa shape index (κ1) is 31.2. The predicted octanol–water partition coefficient (Wildman–Crippen LogP) is 8.00. The van der Waals surface area contributed by atoms with E-state index in [0.29, 0.717) is 30.1 Å². The van der Waals surface area contributed by atoms with Crippen molar-refractivity contribution >= 4 is 17.5 Å². The summed E-state index contributed by atoms with van der Waals surface area (Å²) in [5, 5.41) is 9.92. The van der Waals surface area contributed by atoms with Crippen molar-refractivity contribution in [3.8, 4) is 6.07 Å². The Labute approximate surface area is 254 Å². The molecule has 1 heterocycles. The fraction of sp³-hybridized carbons (Fsp3) is 0.784. The summed E-state index contributed by atoms with van der Waals surface area (Å²) >= 11 is 0. The van der Waals surface area contributed by atoms with Crippen molar-refractivity contribution in [3.05, 3.63) is 23.3 Å². The van der Waals surface area contributed by atoms with E-state index in [1.165, 1.54) is 12.8 Å². The van der Waals surface area contributed by atoms with Crippen molar-refractivity contribution in [3.63, 3.8) is 0 Å². The lowest BCUT2D eigenvalue weighted by Gasteiger charge is -2.63. The standard InChI is InChI=1S/C37H54N2O3/c1-25-21-32(2,3)14-16-37(25,13-11-30(41)39-18-9-19-39)17-15-34(6)23-27(40)20-29-35(7)22-26(24-38)31(42)33(4,5)28(35)10-12-36(29,34)8/h20,22,25,28H,9-19,21,23H2,1-8H3/t25?,28-,34+,35-,36+,37+/m0/s1. The maximum atomic E-state index is 13.6. The zero-order chi connectivity index (χ0) is 30.9. The molecule has 6 atom stereocenters. The van der Waals surface area contributed by atoms with Crippen molar-refractivity contribution in [2.75, 3.05) is 13.1 Å². The van der Waals surface area contributed by atoms with Crippen LogP contribution < -0.4 is 0 Å². The summed E-state index contributed by atoms with van der Waals surface area (Å²) in [6, 6.07) is 2.20. The zero-order valence-corrected chi connectivity index (χ0v) is 27.6. The molecular weight excluding hydrogens is 520 g/mol. The minimum absolute atomic E-state index is 0.0588. The number of hydrogen-bond acceptors (Lipinski definition) is 4. The molecule has 1 saturated heterocycles. The Balaban J connectivity index is 1.47. The topological polar surface area (TPSA) is 78.2 Å². The number of fused-ring (bicyclic) bond motifs is 3. The molecule has 0 bridgehead atoms. The second kappa shape index (κ2) is 10.2. The van der Waals surface area contributed by atoms with Gasteiger partial charge in [0.25, 0.3) is 0 Å². The average molecular weight is 575 g/mol. The van der Waals surface area contributed by atoms with E-state index in [4.69, 9.17) is 0 Å². The van der Waals surface area contributed by atoms with E-state index in [1.807, 2.05) is 30.9 Å². The van der Waals surface area contributed by atoms with Gasteiger partial charge in [0, 0.05) is 36.8 Å². The highest BCUT2D eigenvalue weighted by Crippen LogP contribution is 2.69. The number of rotatable bonds is 6. The molecule has 1 unspecified atom stereocenters. The lowest BCUT2D eigenvalue weighted by Crippen LogP contribution is -2.58. The van der Waals surface area contributed by atoms with Gasteiger partial charge >= 0.3 is 0 Å². The van der Waals surface area contributed by atoms with Crippen LogP contribution in [0.15, 0.2) is 23.3 Å². The molecule has 1 amide bonds. The minimum Gasteiger partial charge on any atom is -0.343 e. The third kappa shape index (κ3) is 4.75. The third-order valence-corrected chi connectivity index (χ3v) is 13.7. The molecule has 5 heteroatoms. The van der Waals surface area contributed by atoms with Crippen LogP contribution in [-0.2, 0) is 14.4 Å². The highest BCUT2D eigenvalue weighted by atomic mass is 16.2. The third-order valence-electron chi connectivity index (χ3n) is 13.7. The van der Waals surface area contributed by atoms with Gasteiger partial charge in [-0.25, -0.2) is 0 Å². The zero-order valence-electron chi connectivity index (χ0n) is 27.6. The lowest BCUT2D eigenvalue weighted by molar-refractivity contribution is -0.136. The van der Waals surface area contributed by atoms with Crippen LogP contribution in [0, 0.1) is 55.7 Å². The smallest absolute Gasteiger partial charge is 0.222 e. The molecule has 0 radical (unpaired) electrons. The van der Waals surface area contributed by atoms with Crippen LogP contribution in [0.1, 0.15) is 126 Å². The van der Waals surface area contributed by atoms with E-state index >= 15 is 0 Å².